The minimum atomic E-state index is -0.221. The Labute approximate surface area is 170 Å². The van der Waals surface area contributed by atoms with Crippen molar-refractivity contribution in [3.8, 4) is 5.75 Å². The van der Waals surface area contributed by atoms with Crippen LogP contribution in [0.25, 0.3) is 0 Å². The van der Waals surface area contributed by atoms with E-state index >= 15 is 0 Å². The highest BCUT2D eigenvalue weighted by Gasteiger charge is 2.34. The molecule has 2 fully saturated rings. The number of hydrogen-bond donors (Lipinski definition) is 1. The molecule has 1 aromatic heterocycles. The van der Waals surface area contributed by atoms with Gasteiger partial charge in [-0.1, -0.05) is 18.2 Å². The van der Waals surface area contributed by atoms with Crippen LogP contribution in [0.4, 0.5) is 0 Å². The first kappa shape index (κ1) is 19.8. The van der Waals surface area contributed by atoms with Crippen LogP contribution in [0.2, 0.25) is 0 Å². The highest BCUT2D eigenvalue weighted by atomic mass is 16.5. The molecule has 2 atom stereocenters. The van der Waals surface area contributed by atoms with Gasteiger partial charge in [-0.25, -0.2) is 4.68 Å². The molecule has 9 heteroatoms. The lowest BCUT2D eigenvalue weighted by molar-refractivity contribution is -0.123. The zero-order valence-electron chi connectivity index (χ0n) is 16.7. The van der Waals surface area contributed by atoms with Crippen molar-refractivity contribution in [2.45, 2.75) is 44.4 Å². The van der Waals surface area contributed by atoms with Gasteiger partial charge >= 0.3 is 0 Å². The van der Waals surface area contributed by atoms with Crippen molar-refractivity contribution in [1.82, 2.24) is 25.1 Å². The van der Waals surface area contributed by atoms with Gasteiger partial charge in [0.05, 0.1) is 19.8 Å². The van der Waals surface area contributed by atoms with Crippen molar-refractivity contribution in [2.75, 3.05) is 26.8 Å². The minimum Gasteiger partial charge on any atom is -0.496 e. The number of para-hydroxylation sites is 1. The van der Waals surface area contributed by atoms with Crippen LogP contribution in [0.5, 0.6) is 5.75 Å². The summed E-state index contributed by atoms with van der Waals surface area (Å²) < 4.78 is 13.3. The highest BCUT2D eigenvalue weighted by molar-refractivity contribution is 5.76. The zero-order chi connectivity index (χ0) is 20.2. The molecule has 0 aliphatic carbocycles. The van der Waals surface area contributed by atoms with Crippen LogP contribution in [0, 0.1) is 5.92 Å². The maximum atomic E-state index is 11.6. The Balaban J connectivity index is 1.66. The Bertz CT molecular complexity index is 827. The Morgan fingerprint density at radius 1 is 1.31 bits per heavy atom. The van der Waals surface area contributed by atoms with E-state index in [0.29, 0.717) is 6.54 Å². The zero-order valence-corrected chi connectivity index (χ0v) is 16.7. The number of likely N-dealkylation sites (tertiary alicyclic amines) is 1. The van der Waals surface area contributed by atoms with E-state index in [2.05, 4.69) is 26.5 Å². The lowest BCUT2D eigenvalue weighted by Crippen LogP contribution is -2.41. The third-order valence-electron chi connectivity index (χ3n) is 5.94. The van der Waals surface area contributed by atoms with Gasteiger partial charge in [-0.15, -0.1) is 5.10 Å². The second-order valence-electron chi connectivity index (χ2n) is 7.71. The molecule has 2 N–H and O–H groups in total. The molecule has 0 unspecified atom stereocenters. The fourth-order valence-electron chi connectivity index (χ4n) is 4.35. The molecule has 2 saturated heterocycles. The SMILES string of the molecule is COc1ccccc1[C@H](c1nnnn1C[C@H]1CCCO1)N1CCC(C(N)=O)CC1. The maximum Gasteiger partial charge on any atom is 0.220 e. The van der Waals surface area contributed by atoms with Crippen LogP contribution in [0.15, 0.2) is 24.3 Å². The van der Waals surface area contributed by atoms with Crippen LogP contribution >= 0.6 is 0 Å². The van der Waals surface area contributed by atoms with Gasteiger partial charge in [-0.05, 0) is 55.3 Å². The molecule has 2 aromatic rings. The summed E-state index contributed by atoms with van der Waals surface area (Å²) in [5.74, 6) is 1.26. The van der Waals surface area contributed by atoms with Crippen LogP contribution in [-0.2, 0) is 16.1 Å². The van der Waals surface area contributed by atoms with E-state index in [1.54, 1.807) is 7.11 Å². The molecule has 1 aromatic carbocycles. The predicted molar refractivity (Wildman–Crippen MR) is 105 cm³/mol. The largest absolute Gasteiger partial charge is 0.496 e. The van der Waals surface area contributed by atoms with Gasteiger partial charge in [-0.3, -0.25) is 9.69 Å². The smallest absolute Gasteiger partial charge is 0.220 e. The van der Waals surface area contributed by atoms with Gasteiger partial charge in [0.15, 0.2) is 5.82 Å². The van der Waals surface area contributed by atoms with Gasteiger partial charge in [0.1, 0.15) is 11.8 Å². The summed E-state index contributed by atoms with van der Waals surface area (Å²) >= 11 is 0. The summed E-state index contributed by atoms with van der Waals surface area (Å²) in [6.45, 7) is 2.90. The molecule has 0 bridgehead atoms. The normalized spacial score (nSPS) is 21.9. The van der Waals surface area contributed by atoms with Crippen molar-refractivity contribution < 1.29 is 14.3 Å². The molecule has 9 nitrogen and oxygen atoms in total. The molecule has 0 spiro atoms. The molecule has 29 heavy (non-hydrogen) atoms. The number of piperidine rings is 1. The molecule has 0 saturated carbocycles. The summed E-state index contributed by atoms with van der Waals surface area (Å²) in [4.78, 5) is 13.9. The summed E-state index contributed by atoms with van der Waals surface area (Å²) in [6, 6.07) is 7.78. The number of ether oxygens (including phenoxy) is 2. The van der Waals surface area contributed by atoms with Crippen molar-refractivity contribution >= 4 is 5.91 Å². The Morgan fingerprint density at radius 3 is 2.79 bits per heavy atom. The molecule has 0 radical (unpaired) electrons. The number of amides is 1. The van der Waals surface area contributed by atoms with E-state index in [1.807, 2.05) is 22.9 Å². The number of hydrogen-bond acceptors (Lipinski definition) is 7. The maximum absolute atomic E-state index is 11.6. The van der Waals surface area contributed by atoms with E-state index in [1.165, 1.54) is 0 Å². The lowest BCUT2D eigenvalue weighted by Gasteiger charge is -2.36. The first-order valence-electron chi connectivity index (χ1n) is 10.2. The number of aromatic nitrogens is 4. The van der Waals surface area contributed by atoms with Gasteiger partial charge in [0.25, 0.3) is 0 Å². The summed E-state index contributed by atoms with van der Waals surface area (Å²) in [5, 5.41) is 12.6. The molecule has 156 valence electrons. The van der Waals surface area contributed by atoms with Gasteiger partial charge in [-0.2, -0.15) is 0 Å². The number of carbonyl (C=O) groups excluding carboxylic acids is 1. The number of methoxy groups -OCH3 is 1. The Hall–Kier alpha value is -2.52. The van der Waals surface area contributed by atoms with Crippen LogP contribution in [0.1, 0.15) is 43.1 Å². The first-order valence-corrected chi connectivity index (χ1v) is 10.2. The van der Waals surface area contributed by atoms with Gasteiger partial charge < -0.3 is 15.2 Å². The van der Waals surface area contributed by atoms with E-state index in [9.17, 15) is 4.79 Å². The Kier molecular flexibility index (Phi) is 6.05. The van der Waals surface area contributed by atoms with Crippen molar-refractivity contribution in [3.05, 3.63) is 35.7 Å². The summed E-state index contributed by atoms with van der Waals surface area (Å²) in [7, 11) is 1.67. The number of rotatable bonds is 7. The Morgan fingerprint density at radius 2 is 2.10 bits per heavy atom. The molecule has 3 heterocycles. The third kappa shape index (κ3) is 4.25. The van der Waals surface area contributed by atoms with Crippen molar-refractivity contribution in [1.29, 1.82) is 0 Å². The molecule has 1 amide bonds. The predicted octanol–water partition coefficient (Wildman–Crippen LogP) is 1.15. The highest BCUT2D eigenvalue weighted by Crippen LogP contribution is 2.36. The van der Waals surface area contributed by atoms with E-state index in [-0.39, 0.29) is 24.0 Å². The first-order chi connectivity index (χ1) is 14.2. The molecule has 2 aliphatic rings. The molecule has 2 aliphatic heterocycles. The van der Waals surface area contributed by atoms with Crippen molar-refractivity contribution in [3.63, 3.8) is 0 Å². The van der Waals surface area contributed by atoms with Gasteiger partial charge in [0, 0.05) is 18.1 Å². The van der Waals surface area contributed by atoms with Gasteiger partial charge in [0.2, 0.25) is 5.91 Å². The average molecular weight is 400 g/mol. The van der Waals surface area contributed by atoms with Crippen LogP contribution in [0.3, 0.4) is 0 Å². The molecular formula is C20H28N6O3. The fourth-order valence-corrected chi connectivity index (χ4v) is 4.35. The van der Waals surface area contributed by atoms with Crippen LogP contribution < -0.4 is 10.5 Å². The standard InChI is InChI=1S/C20H28N6O3/c1-28-17-7-3-2-6-16(17)18(25-10-8-14(9-11-25)19(21)27)20-22-23-24-26(20)13-15-5-4-12-29-15/h2-3,6-7,14-15,18H,4-5,8-13H2,1H3,(H2,21,27)/t15-,18-/m1/s1. The summed E-state index contributed by atoms with van der Waals surface area (Å²) in [5.41, 5.74) is 6.54. The average Bonchev–Trinajstić information content (AvgIpc) is 3.42. The van der Waals surface area contributed by atoms with Crippen molar-refractivity contribution in [2.24, 2.45) is 11.7 Å². The fraction of sp³-hybridized carbons (Fsp3) is 0.600. The molecule has 4 rings (SSSR count). The second kappa shape index (κ2) is 8.87. The lowest BCUT2D eigenvalue weighted by atomic mass is 9.93. The summed E-state index contributed by atoms with van der Waals surface area (Å²) in [6.07, 6.45) is 3.68. The number of benzene rings is 1. The number of nitrogens with zero attached hydrogens (tertiary/aromatic N) is 5. The third-order valence-corrected chi connectivity index (χ3v) is 5.94. The van der Waals surface area contributed by atoms with E-state index in [4.69, 9.17) is 15.2 Å². The number of nitrogens with two attached hydrogens (primary N) is 1. The van der Waals surface area contributed by atoms with E-state index in [0.717, 1.165) is 62.5 Å². The molecular weight excluding hydrogens is 372 g/mol. The monoisotopic (exact) mass is 400 g/mol. The van der Waals surface area contributed by atoms with E-state index < -0.39 is 0 Å². The second-order valence-corrected chi connectivity index (χ2v) is 7.71. The minimum absolute atomic E-state index is 0.0764. The van der Waals surface area contributed by atoms with Crippen LogP contribution in [-0.4, -0.2) is 63.9 Å². The quantitative estimate of drug-likeness (QED) is 0.742. The number of primary amides is 1. The number of carbonyl (C=O) groups is 1. The topological polar surface area (TPSA) is 108 Å². The number of tetrazole rings is 1.